The lowest BCUT2D eigenvalue weighted by Gasteiger charge is -2.33. The van der Waals surface area contributed by atoms with Crippen molar-refractivity contribution < 1.29 is 18.0 Å². The van der Waals surface area contributed by atoms with Gasteiger partial charge in [0.15, 0.2) is 0 Å². The van der Waals surface area contributed by atoms with Crippen molar-refractivity contribution in [3.05, 3.63) is 64.1 Å². The van der Waals surface area contributed by atoms with E-state index in [0.717, 1.165) is 28.1 Å². The Morgan fingerprint density at radius 1 is 1.03 bits per heavy atom. The minimum absolute atomic E-state index is 0.0364. The van der Waals surface area contributed by atoms with Crippen molar-refractivity contribution in [2.75, 3.05) is 17.1 Å². The second-order valence-corrected chi connectivity index (χ2v) is 11.2. The average molecular weight is 553 g/mol. The zero-order chi connectivity index (χ0) is 25.5. The van der Waals surface area contributed by atoms with Gasteiger partial charge in [-0.25, -0.2) is 8.42 Å². The number of rotatable bonds is 11. The largest absolute Gasteiger partial charge is 0.352 e. The number of halogens is 1. The van der Waals surface area contributed by atoms with Gasteiger partial charge in [0.05, 0.1) is 11.9 Å². The molecule has 1 N–H and O–H groups in total. The fourth-order valence-electron chi connectivity index (χ4n) is 3.50. The summed E-state index contributed by atoms with van der Waals surface area (Å²) in [6, 6.07) is 13.8. The van der Waals surface area contributed by atoms with Crippen LogP contribution < -0.4 is 9.62 Å². The lowest BCUT2D eigenvalue weighted by atomic mass is 10.1. The van der Waals surface area contributed by atoms with E-state index in [1.54, 1.807) is 24.3 Å². The van der Waals surface area contributed by atoms with E-state index in [0.29, 0.717) is 16.6 Å². The maximum absolute atomic E-state index is 13.6. The smallest absolute Gasteiger partial charge is 0.244 e. The topological polar surface area (TPSA) is 86.8 Å². The van der Waals surface area contributed by atoms with Gasteiger partial charge in [0.1, 0.15) is 12.6 Å². The molecule has 2 aromatic rings. The summed E-state index contributed by atoms with van der Waals surface area (Å²) in [5.41, 5.74) is 2.31. The number of aryl methyl sites for hydroxylation is 1. The zero-order valence-electron chi connectivity index (χ0n) is 20.4. The van der Waals surface area contributed by atoms with E-state index < -0.39 is 28.5 Å². The predicted molar refractivity (Wildman–Crippen MR) is 140 cm³/mol. The number of nitrogens with one attached hydrogen (secondary N) is 1. The SMILES string of the molecule is CCC(C)NC(=O)C(CC)N(Cc1ccc(C)cc1)C(=O)CN(c1ccccc1Br)S(C)(=O)=O. The molecule has 0 aliphatic heterocycles. The number of carbonyl (C=O) groups is 2. The van der Waals surface area contributed by atoms with Crippen LogP contribution in [0.1, 0.15) is 44.7 Å². The van der Waals surface area contributed by atoms with E-state index in [2.05, 4.69) is 21.2 Å². The summed E-state index contributed by atoms with van der Waals surface area (Å²) in [4.78, 5) is 28.2. The molecule has 7 nitrogen and oxygen atoms in total. The molecular weight excluding hydrogens is 518 g/mol. The minimum Gasteiger partial charge on any atom is -0.352 e. The number of nitrogens with zero attached hydrogens (tertiary/aromatic N) is 2. The van der Waals surface area contributed by atoms with Gasteiger partial charge in [0.25, 0.3) is 0 Å². The third-order valence-corrected chi connectivity index (χ3v) is 7.46. The van der Waals surface area contributed by atoms with E-state index >= 15 is 0 Å². The molecule has 0 aromatic heterocycles. The van der Waals surface area contributed by atoms with E-state index in [4.69, 9.17) is 0 Å². The van der Waals surface area contributed by atoms with Gasteiger partial charge in [-0.05, 0) is 60.3 Å². The number of amides is 2. The molecule has 0 heterocycles. The molecule has 2 aromatic carbocycles. The highest BCUT2D eigenvalue weighted by atomic mass is 79.9. The van der Waals surface area contributed by atoms with E-state index in [9.17, 15) is 18.0 Å². The fourth-order valence-corrected chi connectivity index (χ4v) is 4.98. The van der Waals surface area contributed by atoms with Crippen LogP contribution in [0.5, 0.6) is 0 Å². The lowest BCUT2D eigenvalue weighted by molar-refractivity contribution is -0.140. The second kappa shape index (κ2) is 12.4. The molecule has 0 fully saturated rings. The van der Waals surface area contributed by atoms with Crippen LogP contribution >= 0.6 is 15.9 Å². The Labute approximate surface area is 211 Å². The Morgan fingerprint density at radius 2 is 1.65 bits per heavy atom. The summed E-state index contributed by atoms with van der Waals surface area (Å²) in [6.45, 7) is 7.48. The van der Waals surface area contributed by atoms with Gasteiger partial charge in [0, 0.05) is 17.1 Å². The summed E-state index contributed by atoms with van der Waals surface area (Å²) in [6.07, 6.45) is 2.22. The molecule has 0 aliphatic rings. The van der Waals surface area contributed by atoms with Crippen LogP contribution in [0, 0.1) is 6.92 Å². The number of hydrogen-bond donors (Lipinski definition) is 1. The minimum atomic E-state index is -3.77. The van der Waals surface area contributed by atoms with E-state index in [-0.39, 0.29) is 18.5 Å². The van der Waals surface area contributed by atoms with Gasteiger partial charge in [-0.3, -0.25) is 13.9 Å². The predicted octanol–water partition coefficient (Wildman–Crippen LogP) is 4.25. The Hall–Kier alpha value is -2.39. The lowest BCUT2D eigenvalue weighted by Crippen LogP contribution is -2.53. The summed E-state index contributed by atoms with van der Waals surface area (Å²) < 4.78 is 26.9. The number of carbonyl (C=O) groups excluding carboxylic acids is 2. The Morgan fingerprint density at radius 3 is 2.18 bits per heavy atom. The van der Waals surface area contributed by atoms with Crippen molar-refractivity contribution in [3.63, 3.8) is 0 Å². The van der Waals surface area contributed by atoms with Crippen LogP contribution in [0.3, 0.4) is 0 Å². The zero-order valence-corrected chi connectivity index (χ0v) is 22.8. The van der Waals surface area contributed by atoms with Crippen LogP contribution in [0.25, 0.3) is 0 Å². The molecule has 0 aliphatic carbocycles. The van der Waals surface area contributed by atoms with Gasteiger partial charge in [-0.15, -0.1) is 0 Å². The third kappa shape index (κ3) is 7.56. The molecule has 2 amide bonds. The normalized spacial score (nSPS) is 13.1. The van der Waals surface area contributed by atoms with Crippen LogP contribution in [0.4, 0.5) is 5.69 Å². The van der Waals surface area contributed by atoms with Crippen LogP contribution in [-0.4, -0.2) is 50.0 Å². The quantitative estimate of drug-likeness (QED) is 0.452. The van der Waals surface area contributed by atoms with Crippen molar-refractivity contribution in [2.24, 2.45) is 0 Å². The summed E-state index contributed by atoms with van der Waals surface area (Å²) in [5.74, 6) is -0.697. The van der Waals surface area contributed by atoms with Gasteiger partial charge >= 0.3 is 0 Å². The first-order valence-electron chi connectivity index (χ1n) is 11.4. The van der Waals surface area contributed by atoms with Crippen molar-refractivity contribution in [1.29, 1.82) is 0 Å². The van der Waals surface area contributed by atoms with Gasteiger partial charge in [-0.1, -0.05) is 55.8 Å². The average Bonchev–Trinajstić information content (AvgIpc) is 2.78. The van der Waals surface area contributed by atoms with E-state index in [1.807, 2.05) is 52.0 Å². The molecule has 2 rings (SSSR count). The first-order chi connectivity index (χ1) is 16.0. The molecule has 2 atom stereocenters. The van der Waals surface area contributed by atoms with Crippen molar-refractivity contribution in [3.8, 4) is 0 Å². The molecular formula is C25H34BrN3O4S. The molecule has 0 radical (unpaired) electrons. The fraction of sp³-hybridized carbons (Fsp3) is 0.440. The Bertz CT molecular complexity index is 1090. The van der Waals surface area contributed by atoms with Gasteiger partial charge in [0.2, 0.25) is 21.8 Å². The van der Waals surface area contributed by atoms with Crippen LogP contribution in [0.15, 0.2) is 53.0 Å². The molecule has 9 heteroatoms. The molecule has 0 bridgehead atoms. The maximum Gasteiger partial charge on any atom is 0.244 e. The molecule has 186 valence electrons. The van der Waals surface area contributed by atoms with Gasteiger partial charge in [-0.2, -0.15) is 0 Å². The monoisotopic (exact) mass is 551 g/mol. The van der Waals surface area contributed by atoms with Crippen LogP contribution in [-0.2, 0) is 26.2 Å². The Balaban J connectivity index is 2.44. The van der Waals surface area contributed by atoms with Gasteiger partial charge < -0.3 is 10.2 Å². The second-order valence-electron chi connectivity index (χ2n) is 8.47. The third-order valence-electron chi connectivity index (χ3n) is 5.66. The van der Waals surface area contributed by atoms with Crippen molar-refractivity contribution >= 4 is 43.5 Å². The number of anilines is 1. The molecule has 0 spiro atoms. The highest BCUT2D eigenvalue weighted by Crippen LogP contribution is 2.28. The first kappa shape index (κ1) is 27.9. The summed E-state index contributed by atoms with van der Waals surface area (Å²) in [5, 5.41) is 2.96. The molecule has 2 unspecified atom stereocenters. The van der Waals surface area contributed by atoms with Crippen molar-refractivity contribution in [1.82, 2.24) is 10.2 Å². The van der Waals surface area contributed by atoms with Crippen molar-refractivity contribution in [2.45, 2.75) is 59.2 Å². The Kier molecular flexibility index (Phi) is 10.1. The first-order valence-corrected chi connectivity index (χ1v) is 14.0. The number of hydrogen-bond acceptors (Lipinski definition) is 4. The number of sulfonamides is 1. The molecule has 34 heavy (non-hydrogen) atoms. The summed E-state index contributed by atoms with van der Waals surface area (Å²) in [7, 11) is -3.77. The number of benzene rings is 2. The standard InChI is InChI=1S/C25H34BrN3O4S/c1-6-19(4)27-25(31)22(7-2)28(16-20-14-12-18(3)13-15-20)24(30)17-29(34(5,32)33)23-11-9-8-10-21(23)26/h8-15,19,22H,6-7,16-17H2,1-5H3,(H,27,31). The highest BCUT2D eigenvalue weighted by molar-refractivity contribution is 9.10. The highest BCUT2D eigenvalue weighted by Gasteiger charge is 2.32. The molecule has 0 saturated carbocycles. The number of para-hydroxylation sites is 1. The van der Waals surface area contributed by atoms with E-state index in [1.165, 1.54) is 4.90 Å². The van der Waals surface area contributed by atoms with Crippen LogP contribution in [0.2, 0.25) is 0 Å². The maximum atomic E-state index is 13.6. The molecule has 0 saturated heterocycles. The summed E-state index contributed by atoms with van der Waals surface area (Å²) >= 11 is 3.38.